The first-order valence-electron chi connectivity index (χ1n) is 8.95. The SMILES string of the molecule is C1CC2C1CCC1C2C2C1C1C3C4CCC4C3C21. The molecule has 0 aromatic rings. The van der Waals surface area contributed by atoms with E-state index in [0.717, 1.165) is 0 Å². The molecule has 0 saturated heterocycles. The van der Waals surface area contributed by atoms with Crippen molar-refractivity contribution in [2.24, 2.45) is 71.0 Å². The maximum absolute atomic E-state index is 1.65. The molecule has 0 N–H and O–H groups in total. The average molecular weight is 240 g/mol. The molecule has 0 bridgehead atoms. The number of hydrogen-bond acceptors (Lipinski definition) is 0. The van der Waals surface area contributed by atoms with Gasteiger partial charge in [0.25, 0.3) is 0 Å². The maximum Gasteiger partial charge on any atom is -0.0312 e. The Labute approximate surface area is 110 Å². The van der Waals surface area contributed by atoms with Crippen molar-refractivity contribution >= 4 is 0 Å². The lowest BCUT2D eigenvalue weighted by atomic mass is 9.17. The van der Waals surface area contributed by atoms with Gasteiger partial charge in [-0.3, -0.25) is 0 Å². The van der Waals surface area contributed by atoms with E-state index in [1.807, 2.05) is 0 Å². The molecule has 0 heterocycles. The minimum atomic E-state index is 1.21. The first-order chi connectivity index (χ1) is 8.95. The Bertz CT molecular complexity index is 442. The Hall–Kier alpha value is 0. The largest absolute Gasteiger partial charge is 0.0499 e. The van der Waals surface area contributed by atoms with E-state index in [1.165, 1.54) is 71.0 Å². The molecule has 0 spiro atoms. The van der Waals surface area contributed by atoms with E-state index in [-0.39, 0.29) is 0 Å². The van der Waals surface area contributed by atoms with Gasteiger partial charge in [-0.2, -0.15) is 0 Å². The Kier molecular flexibility index (Phi) is 1.24. The van der Waals surface area contributed by atoms with Crippen LogP contribution in [0.2, 0.25) is 0 Å². The van der Waals surface area contributed by atoms with Gasteiger partial charge in [0.2, 0.25) is 0 Å². The van der Waals surface area contributed by atoms with E-state index in [4.69, 9.17) is 0 Å². The Morgan fingerprint density at radius 1 is 0.333 bits per heavy atom. The topological polar surface area (TPSA) is 0 Å². The smallest absolute Gasteiger partial charge is 0.0312 e. The van der Waals surface area contributed by atoms with Crippen molar-refractivity contribution < 1.29 is 0 Å². The second-order valence-electron chi connectivity index (χ2n) is 9.19. The van der Waals surface area contributed by atoms with E-state index >= 15 is 0 Å². The molecule has 0 heteroatoms. The van der Waals surface area contributed by atoms with Crippen LogP contribution in [0.3, 0.4) is 0 Å². The zero-order valence-electron chi connectivity index (χ0n) is 11.2. The number of rotatable bonds is 0. The Morgan fingerprint density at radius 3 is 1.50 bits per heavy atom. The molecule has 12 atom stereocenters. The standard InChI is InChI=1S/C18H24/c1-3-8-7(1)2-4-11-12(8)16-15(11)17-13-9-5-6-10(9)14(13)18(16)17/h7-18H,1-6H2. The molecule has 12 unspecified atom stereocenters. The van der Waals surface area contributed by atoms with Crippen molar-refractivity contribution in [1.29, 1.82) is 0 Å². The zero-order valence-corrected chi connectivity index (χ0v) is 11.2. The molecule has 7 aliphatic carbocycles. The predicted molar refractivity (Wildman–Crippen MR) is 69.6 cm³/mol. The summed E-state index contributed by atoms with van der Waals surface area (Å²) in [5, 5.41) is 0. The van der Waals surface area contributed by atoms with Crippen LogP contribution in [0.5, 0.6) is 0 Å². The summed E-state index contributed by atoms with van der Waals surface area (Å²) in [6, 6.07) is 0. The highest BCUT2D eigenvalue weighted by Gasteiger charge is 2.82. The molecule has 0 nitrogen and oxygen atoms in total. The van der Waals surface area contributed by atoms with Crippen LogP contribution in [-0.4, -0.2) is 0 Å². The molecule has 7 saturated carbocycles. The lowest BCUT2D eigenvalue weighted by molar-refractivity contribution is -0.407. The summed E-state index contributed by atoms with van der Waals surface area (Å²) in [5.74, 6) is 15.2. The van der Waals surface area contributed by atoms with E-state index in [2.05, 4.69) is 0 Å². The van der Waals surface area contributed by atoms with E-state index in [1.54, 1.807) is 38.5 Å². The zero-order chi connectivity index (χ0) is 11.2. The van der Waals surface area contributed by atoms with Gasteiger partial charge in [0.1, 0.15) is 0 Å². The summed E-state index contributed by atoms with van der Waals surface area (Å²) in [6.45, 7) is 0. The van der Waals surface area contributed by atoms with Crippen LogP contribution in [0.1, 0.15) is 38.5 Å². The third-order valence-corrected chi connectivity index (χ3v) is 9.76. The van der Waals surface area contributed by atoms with E-state index < -0.39 is 0 Å². The highest BCUT2D eigenvalue weighted by atomic mass is 14.9. The third kappa shape index (κ3) is 0.640. The quantitative estimate of drug-likeness (QED) is 0.565. The summed E-state index contributed by atoms with van der Waals surface area (Å²) in [7, 11) is 0. The monoisotopic (exact) mass is 240 g/mol. The molecule has 7 fully saturated rings. The second-order valence-corrected chi connectivity index (χ2v) is 9.19. The fourth-order valence-corrected chi connectivity index (χ4v) is 9.11. The van der Waals surface area contributed by atoms with Gasteiger partial charge < -0.3 is 0 Å². The van der Waals surface area contributed by atoms with Gasteiger partial charge in [0.05, 0.1) is 0 Å². The minimum Gasteiger partial charge on any atom is -0.0499 e. The number of fused-ring (bicyclic) bond motifs is 15. The van der Waals surface area contributed by atoms with Crippen LogP contribution >= 0.6 is 0 Å². The predicted octanol–water partition coefficient (Wildman–Crippen LogP) is 3.82. The third-order valence-electron chi connectivity index (χ3n) is 9.76. The van der Waals surface area contributed by atoms with Crippen LogP contribution in [0.25, 0.3) is 0 Å². The molecule has 0 aliphatic heterocycles. The molecule has 0 aromatic carbocycles. The van der Waals surface area contributed by atoms with Crippen molar-refractivity contribution in [1.82, 2.24) is 0 Å². The van der Waals surface area contributed by atoms with Gasteiger partial charge in [-0.15, -0.1) is 0 Å². The molecule has 7 rings (SSSR count). The Morgan fingerprint density at radius 2 is 0.833 bits per heavy atom. The van der Waals surface area contributed by atoms with Crippen LogP contribution in [0.4, 0.5) is 0 Å². The highest BCUT2D eigenvalue weighted by Crippen LogP contribution is 2.87. The van der Waals surface area contributed by atoms with Crippen LogP contribution in [0.15, 0.2) is 0 Å². The summed E-state index contributed by atoms with van der Waals surface area (Å²) in [5.41, 5.74) is 0. The Balaban J connectivity index is 1.24. The van der Waals surface area contributed by atoms with Crippen molar-refractivity contribution in [3.63, 3.8) is 0 Å². The second kappa shape index (κ2) is 2.47. The first-order valence-corrected chi connectivity index (χ1v) is 8.95. The lowest BCUT2D eigenvalue weighted by Gasteiger charge is -2.88. The first kappa shape index (κ1) is 9.03. The van der Waals surface area contributed by atoms with Crippen LogP contribution in [-0.2, 0) is 0 Å². The molecule has 7 aliphatic rings. The summed E-state index contributed by atoms with van der Waals surface area (Å²) < 4.78 is 0. The summed E-state index contributed by atoms with van der Waals surface area (Å²) in [6.07, 6.45) is 9.79. The average Bonchev–Trinajstić information content (AvgIpc) is 2.28. The summed E-state index contributed by atoms with van der Waals surface area (Å²) >= 11 is 0. The molecule has 18 heavy (non-hydrogen) atoms. The molecule has 96 valence electrons. The van der Waals surface area contributed by atoms with Crippen molar-refractivity contribution in [3.05, 3.63) is 0 Å². The van der Waals surface area contributed by atoms with Crippen LogP contribution < -0.4 is 0 Å². The van der Waals surface area contributed by atoms with Crippen molar-refractivity contribution in [2.75, 3.05) is 0 Å². The molecular formula is C18H24. The van der Waals surface area contributed by atoms with Crippen molar-refractivity contribution in [3.8, 4) is 0 Å². The fraction of sp³-hybridized carbons (Fsp3) is 1.00. The minimum absolute atomic E-state index is 1.21. The fourth-order valence-electron chi connectivity index (χ4n) is 9.11. The molecule has 0 amide bonds. The van der Waals surface area contributed by atoms with Gasteiger partial charge >= 0.3 is 0 Å². The normalized spacial score (nSPS) is 80.0. The molecule has 0 aromatic heterocycles. The van der Waals surface area contributed by atoms with E-state index in [0.29, 0.717) is 0 Å². The molecule has 0 radical (unpaired) electrons. The van der Waals surface area contributed by atoms with Crippen LogP contribution in [0, 0.1) is 71.0 Å². The van der Waals surface area contributed by atoms with Gasteiger partial charge in [-0.05, 0) is 110 Å². The van der Waals surface area contributed by atoms with Gasteiger partial charge in [0.15, 0.2) is 0 Å². The summed E-state index contributed by atoms with van der Waals surface area (Å²) in [4.78, 5) is 0. The molecular weight excluding hydrogens is 216 g/mol. The highest BCUT2D eigenvalue weighted by molar-refractivity contribution is 5.29. The van der Waals surface area contributed by atoms with Gasteiger partial charge in [0, 0.05) is 0 Å². The number of hydrogen-bond donors (Lipinski definition) is 0. The van der Waals surface area contributed by atoms with Gasteiger partial charge in [-0.25, -0.2) is 0 Å². The van der Waals surface area contributed by atoms with Gasteiger partial charge in [-0.1, -0.05) is 0 Å². The van der Waals surface area contributed by atoms with E-state index in [9.17, 15) is 0 Å². The lowest BCUT2D eigenvalue weighted by Crippen LogP contribution is -2.84. The maximum atomic E-state index is 1.65. The van der Waals surface area contributed by atoms with Crippen molar-refractivity contribution in [2.45, 2.75) is 38.5 Å².